The van der Waals surface area contributed by atoms with Gasteiger partial charge in [-0.1, -0.05) is 6.42 Å². The van der Waals surface area contributed by atoms with Gasteiger partial charge in [0.05, 0.1) is 0 Å². The van der Waals surface area contributed by atoms with Gasteiger partial charge in [-0.25, -0.2) is 0 Å². The molecule has 2 unspecified atom stereocenters. The third-order valence-electron chi connectivity index (χ3n) is 3.15. The second-order valence-electron chi connectivity index (χ2n) is 4.79. The molecule has 0 spiro atoms. The summed E-state index contributed by atoms with van der Waals surface area (Å²) in [5.74, 6) is 0.300. The highest BCUT2D eigenvalue weighted by molar-refractivity contribution is 7.87. The lowest BCUT2D eigenvalue weighted by atomic mass is 10.0. The first-order valence-corrected chi connectivity index (χ1v) is 7.28. The van der Waals surface area contributed by atoms with Gasteiger partial charge >= 0.3 is 0 Å². The molecule has 3 N–H and O–H groups in total. The van der Waals surface area contributed by atoms with Gasteiger partial charge in [0.1, 0.15) is 0 Å². The summed E-state index contributed by atoms with van der Waals surface area (Å²) in [7, 11) is -1.72. The van der Waals surface area contributed by atoms with Gasteiger partial charge in [0.2, 0.25) is 0 Å². The molecule has 96 valence electrons. The zero-order chi connectivity index (χ0) is 12.3. The van der Waals surface area contributed by atoms with Crippen molar-refractivity contribution in [3.05, 3.63) is 0 Å². The summed E-state index contributed by atoms with van der Waals surface area (Å²) >= 11 is 0. The third kappa shape index (κ3) is 3.16. The maximum absolute atomic E-state index is 12.0. The minimum absolute atomic E-state index is 0.0567. The van der Waals surface area contributed by atoms with Crippen LogP contribution in [0.2, 0.25) is 0 Å². The standard InChI is InChI=1S/C10H23N3O2S/c1-8(2)12-16(14,15)13(3)10-6-4-5-9(10)7-11/h8-10,12H,4-7,11H2,1-3H3. The van der Waals surface area contributed by atoms with Gasteiger partial charge in [-0.15, -0.1) is 0 Å². The Morgan fingerprint density at radius 1 is 1.44 bits per heavy atom. The van der Waals surface area contributed by atoms with Crippen LogP contribution in [-0.4, -0.2) is 38.4 Å². The van der Waals surface area contributed by atoms with Crippen molar-refractivity contribution in [2.24, 2.45) is 11.7 Å². The van der Waals surface area contributed by atoms with Crippen LogP contribution in [0.25, 0.3) is 0 Å². The van der Waals surface area contributed by atoms with E-state index in [1.54, 1.807) is 7.05 Å². The predicted octanol–water partition coefficient (Wildman–Crippen LogP) is 0.288. The van der Waals surface area contributed by atoms with E-state index in [-0.39, 0.29) is 12.1 Å². The molecule has 1 fully saturated rings. The lowest BCUT2D eigenvalue weighted by Gasteiger charge is -2.29. The van der Waals surface area contributed by atoms with Gasteiger partial charge < -0.3 is 5.73 Å². The first-order valence-electron chi connectivity index (χ1n) is 5.84. The fourth-order valence-corrected chi connectivity index (χ4v) is 3.73. The second kappa shape index (κ2) is 5.44. The maximum atomic E-state index is 12.0. The maximum Gasteiger partial charge on any atom is 0.279 e. The molecule has 16 heavy (non-hydrogen) atoms. The highest BCUT2D eigenvalue weighted by Gasteiger charge is 2.35. The largest absolute Gasteiger partial charge is 0.330 e. The molecular weight excluding hydrogens is 226 g/mol. The van der Waals surface area contributed by atoms with E-state index < -0.39 is 10.2 Å². The van der Waals surface area contributed by atoms with Crippen molar-refractivity contribution in [2.75, 3.05) is 13.6 Å². The minimum atomic E-state index is -3.36. The number of hydrogen-bond donors (Lipinski definition) is 2. The molecule has 0 aliphatic heterocycles. The summed E-state index contributed by atoms with van der Waals surface area (Å²) in [6, 6.07) is -0.0218. The Bertz CT molecular complexity index is 316. The van der Waals surface area contributed by atoms with Crippen LogP contribution in [0.1, 0.15) is 33.1 Å². The van der Waals surface area contributed by atoms with Gasteiger partial charge in [-0.3, -0.25) is 0 Å². The molecule has 0 bridgehead atoms. The summed E-state index contributed by atoms with van der Waals surface area (Å²) in [5, 5.41) is 0. The molecule has 1 saturated carbocycles. The molecule has 0 aromatic rings. The Balaban J connectivity index is 2.72. The fraction of sp³-hybridized carbons (Fsp3) is 1.00. The highest BCUT2D eigenvalue weighted by atomic mass is 32.2. The Kier molecular flexibility index (Phi) is 4.73. The van der Waals surface area contributed by atoms with E-state index in [0.29, 0.717) is 12.5 Å². The lowest BCUT2D eigenvalue weighted by Crippen LogP contribution is -2.48. The minimum Gasteiger partial charge on any atom is -0.330 e. The van der Waals surface area contributed by atoms with Gasteiger partial charge in [-0.2, -0.15) is 17.4 Å². The van der Waals surface area contributed by atoms with Crippen LogP contribution < -0.4 is 10.5 Å². The number of nitrogens with two attached hydrogens (primary N) is 1. The molecule has 0 saturated heterocycles. The SMILES string of the molecule is CC(C)NS(=O)(=O)N(C)C1CCCC1CN. The van der Waals surface area contributed by atoms with Crippen molar-refractivity contribution >= 4 is 10.2 Å². The van der Waals surface area contributed by atoms with Crippen LogP contribution in [0.3, 0.4) is 0 Å². The lowest BCUT2D eigenvalue weighted by molar-refractivity contribution is 0.299. The van der Waals surface area contributed by atoms with Crippen LogP contribution in [0.4, 0.5) is 0 Å². The normalized spacial score (nSPS) is 26.9. The number of rotatable bonds is 5. The molecule has 6 heteroatoms. The molecule has 1 aliphatic carbocycles. The fourth-order valence-electron chi connectivity index (χ4n) is 2.33. The van der Waals surface area contributed by atoms with E-state index >= 15 is 0 Å². The molecule has 0 amide bonds. The Morgan fingerprint density at radius 2 is 2.06 bits per heavy atom. The average molecular weight is 249 g/mol. The van der Waals surface area contributed by atoms with Crippen LogP contribution in [0.5, 0.6) is 0 Å². The van der Waals surface area contributed by atoms with Crippen molar-refractivity contribution in [2.45, 2.75) is 45.2 Å². The summed E-state index contributed by atoms with van der Waals surface area (Å²) in [4.78, 5) is 0. The third-order valence-corrected chi connectivity index (χ3v) is 4.95. The first kappa shape index (κ1) is 13.9. The van der Waals surface area contributed by atoms with Gasteiger partial charge in [0, 0.05) is 19.1 Å². The molecular formula is C10H23N3O2S. The Labute approximate surface area is 98.6 Å². The molecule has 0 heterocycles. The number of hydrogen-bond acceptors (Lipinski definition) is 3. The monoisotopic (exact) mass is 249 g/mol. The van der Waals surface area contributed by atoms with E-state index in [2.05, 4.69) is 4.72 Å². The molecule has 0 aromatic carbocycles. The molecule has 5 nitrogen and oxygen atoms in total. The predicted molar refractivity (Wildman–Crippen MR) is 65.1 cm³/mol. The van der Waals surface area contributed by atoms with Crippen LogP contribution in [0.15, 0.2) is 0 Å². The Hall–Kier alpha value is -0.170. The second-order valence-corrected chi connectivity index (χ2v) is 6.55. The van der Waals surface area contributed by atoms with Crippen molar-refractivity contribution in [3.8, 4) is 0 Å². The topological polar surface area (TPSA) is 75.4 Å². The van der Waals surface area contributed by atoms with Gasteiger partial charge in [-0.05, 0) is 39.2 Å². The summed E-state index contributed by atoms with van der Waals surface area (Å²) in [6.45, 7) is 4.20. The molecule has 0 aromatic heterocycles. The van der Waals surface area contributed by atoms with Crippen molar-refractivity contribution < 1.29 is 8.42 Å². The molecule has 2 atom stereocenters. The van der Waals surface area contributed by atoms with Crippen molar-refractivity contribution in [3.63, 3.8) is 0 Å². The Morgan fingerprint density at radius 3 is 2.56 bits per heavy atom. The number of nitrogens with zero attached hydrogens (tertiary/aromatic N) is 1. The summed E-state index contributed by atoms with van der Waals surface area (Å²) in [6.07, 6.45) is 3.01. The molecule has 1 rings (SSSR count). The number of nitrogens with one attached hydrogen (secondary N) is 1. The van der Waals surface area contributed by atoms with Crippen LogP contribution >= 0.6 is 0 Å². The summed E-state index contributed by atoms with van der Waals surface area (Å²) in [5.41, 5.74) is 5.66. The average Bonchev–Trinajstić information content (AvgIpc) is 2.61. The quantitative estimate of drug-likeness (QED) is 0.735. The first-order chi connectivity index (χ1) is 7.38. The van der Waals surface area contributed by atoms with E-state index in [9.17, 15) is 8.42 Å². The molecule has 0 radical (unpaired) electrons. The van der Waals surface area contributed by atoms with E-state index in [1.807, 2.05) is 13.8 Å². The zero-order valence-electron chi connectivity index (χ0n) is 10.3. The van der Waals surface area contributed by atoms with Gasteiger partial charge in [0.15, 0.2) is 0 Å². The smallest absolute Gasteiger partial charge is 0.279 e. The van der Waals surface area contributed by atoms with E-state index in [1.165, 1.54) is 4.31 Å². The summed E-state index contributed by atoms with van der Waals surface area (Å²) < 4.78 is 28.0. The van der Waals surface area contributed by atoms with Crippen molar-refractivity contribution in [1.82, 2.24) is 9.03 Å². The van der Waals surface area contributed by atoms with Crippen LogP contribution in [-0.2, 0) is 10.2 Å². The zero-order valence-corrected chi connectivity index (χ0v) is 11.1. The molecule has 1 aliphatic rings. The van der Waals surface area contributed by atoms with E-state index in [0.717, 1.165) is 19.3 Å². The van der Waals surface area contributed by atoms with Crippen LogP contribution in [0, 0.1) is 5.92 Å². The van der Waals surface area contributed by atoms with Gasteiger partial charge in [0.25, 0.3) is 10.2 Å². The van der Waals surface area contributed by atoms with Crippen molar-refractivity contribution in [1.29, 1.82) is 0 Å². The highest BCUT2D eigenvalue weighted by Crippen LogP contribution is 2.29. The van der Waals surface area contributed by atoms with E-state index in [4.69, 9.17) is 5.73 Å².